The van der Waals surface area contributed by atoms with Crippen LogP contribution in [0.1, 0.15) is 62.9 Å². The van der Waals surface area contributed by atoms with Crippen LogP contribution in [0, 0.1) is 11.8 Å². The van der Waals surface area contributed by atoms with Crippen LogP contribution >= 0.6 is 0 Å². The summed E-state index contributed by atoms with van der Waals surface area (Å²) < 4.78 is 31.7. The van der Waals surface area contributed by atoms with Gasteiger partial charge in [-0.1, -0.05) is 92.9 Å². The Morgan fingerprint density at radius 3 is 2.40 bits per heavy atom. The summed E-state index contributed by atoms with van der Waals surface area (Å²) in [5.41, 5.74) is 3.23. The molecule has 3 amide bonds. The first-order chi connectivity index (χ1) is 26.5. The van der Waals surface area contributed by atoms with Gasteiger partial charge >= 0.3 is 6.03 Å². The van der Waals surface area contributed by atoms with E-state index in [2.05, 4.69) is 10.5 Å². The molecular weight excluding hydrogens is 719 g/mol. The zero-order valence-electron chi connectivity index (χ0n) is 31.9. The number of aliphatic hydroxyl groups excluding tert-OH is 1. The average molecular weight is 772 g/mol. The minimum atomic E-state index is -4.06. The molecule has 13 nitrogen and oxygen atoms in total. The standard InChI is InChI=1S/C41H53N7O6S/c1-4-29(2)39(48-23-22-46(41(48)51)28-38-43-34-16-10-11-17-36(34)45(38)3)40(50)44-35(24-30-12-6-5-7-13-30)37(49)27-47(26-32-14-8-9-15-32)55(53,54)33-20-18-31(19-21-33)25-42-52/h5-7,10-13,16-21,25,29,32,35,37,39,49,52H,4,8-9,14-15,22-24,26-28H2,1-3H3,(H,44,50)/t29-,35-,37+,39-/m0/s1. The summed E-state index contributed by atoms with van der Waals surface area (Å²) >= 11 is 0. The van der Waals surface area contributed by atoms with Crippen LogP contribution < -0.4 is 5.32 Å². The van der Waals surface area contributed by atoms with E-state index in [1.54, 1.807) is 21.9 Å². The molecule has 0 radical (unpaired) electrons. The molecule has 0 unspecified atom stereocenters. The van der Waals surface area contributed by atoms with Gasteiger partial charge in [-0.3, -0.25) is 4.79 Å². The SMILES string of the molecule is CC[C@H](C)[C@@H](C(=O)N[C@@H](Cc1ccccc1)[C@H](O)CN(CC1CCCC1)S(=O)(=O)c1ccc(C=NO)cc1)N1CCN(Cc2nc3ccccc3n2C)C1=O. The van der Waals surface area contributed by atoms with E-state index in [1.807, 2.05) is 80.1 Å². The molecule has 0 bridgehead atoms. The van der Waals surface area contributed by atoms with Crippen LogP contribution in [0.3, 0.4) is 0 Å². The quantitative estimate of drug-likeness (QED) is 0.0774. The van der Waals surface area contributed by atoms with Crippen LogP contribution in [0.2, 0.25) is 0 Å². The molecule has 1 saturated carbocycles. The summed E-state index contributed by atoms with van der Waals surface area (Å²) in [5.74, 6) is 0.304. The predicted octanol–water partition coefficient (Wildman–Crippen LogP) is 5.00. The number of imidazole rings is 1. The number of carbonyl (C=O) groups is 2. The molecule has 294 valence electrons. The van der Waals surface area contributed by atoms with Gasteiger partial charge in [0.25, 0.3) is 0 Å². The Kier molecular flexibility index (Phi) is 12.9. The number of nitrogens with zero attached hydrogens (tertiary/aromatic N) is 6. The lowest BCUT2D eigenvalue weighted by Crippen LogP contribution is -2.57. The van der Waals surface area contributed by atoms with Gasteiger partial charge in [-0.2, -0.15) is 4.31 Å². The third-order valence-corrected chi connectivity index (χ3v) is 13.1. The van der Waals surface area contributed by atoms with Crippen LogP contribution in [0.25, 0.3) is 11.0 Å². The Morgan fingerprint density at radius 2 is 1.73 bits per heavy atom. The number of benzene rings is 3. The summed E-state index contributed by atoms with van der Waals surface area (Å²) in [6.07, 6.45) is 4.65. The van der Waals surface area contributed by atoms with Crippen molar-refractivity contribution in [2.75, 3.05) is 26.2 Å². The second-order valence-corrected chi connectivity index (χ2v) is 16.9. The first kappa shape index (κ1) is 39.9. The average Bonchev–Trinajstić information content (AvgIpc) is 3.91. The minimum Gasteiger partial charge on any atom is -0.411 e. The lowest BCUT2D eigenvalue weighted by molar-refractivity contribution is -0.128. The number of aromatic nitrogens is 2. The van der Waals surface area contributed by atoms with Gasteiger partial charge in [-0.15, -0.1) is 0 Å². The molecule has 4 aromatic rings. The van der Waals surface area contributed by atoms with Crippen LogP contribution in [0.15, 0.2) is 88.9 Å². The number of nitrogens with one attached hydrogen (secondary N) is 1. The zero-order chi connectivity index (χ0) is 39.1. The van der Waals surface area contributed by atoms with Gasteiger partial charge in [0.2, 0.25) is 15.9 Å². The Bertz CT molecular complexity index is 2050. The highest BCUT2D eigenvalue weighted by Crippen LogP contribution is 2.29. The predicted molar refractivity (Wildman–Crippen MR) is 211 cm³/mol. The molecular formula is C41H53N7O6S. The molecule has 2 aliphatic rings. The highest BCUT2D eigenvalue weighted by atomic mass is 32.2. The number of fused-ring (bicyclic) bond motifs is 1. The van der Waals surface area contributed by atoms with Gasteiger partial charge in [0.1, 0.15) is 11.9 Å². The van der Waals surface area contributed by atoms with E-state index in [-0.39, 0.29) is 42.3 Å². The van der Waals surface area contributed by atoms with E-state index in [0.717, 1.165) is 48.1 Å². The first-order valence-corrected chi connectivity index (χ1v) is 20.7. The van der Waals surface area contributed by atoms with Crippen molar-refractivity contribution < 1.29 is 28.3 Å². The number of hydrogen-bond donors (Lipinski definition) is 3. The van der Waals surface area contributed by atoms with Crippen LogP contribution in [0.5, 0.6) is 0 Å². The smallest absolute Gasteiger partial charge is 0.321 e. The number of carbonyl (C=O) groups excluding carboxylic acids is 2. The number of sulfonamides is 1. The molecule has 1 aromatic heterocycles. The van der Waals surface area contributed by atoms with E-state index < -0.39 is 34.1 Å². The van der Waals surface area contributed by atoms with E-state index in [0.29, 0.717) is 31.6 Å². The van der Waals surface area contributed by atoms with Gasteiger partial charge in [0, 0.05) is 33.2 Å². The summed E-state index contributed by atoms with van der Waals surface area (Å²) in [7, 11) is -2.13. The maximum atomic E-state index is 14.5. The molecule has 6 rings (SSSR count). The molecule has 1 aliphatic heterocycles. The zero-order valence-corrected chi connectivity index (χ0v) is 32.7. The Morgan fingerprint density at radius 1 is 1.04 bits per heavy atom. The fraction of sp³-hybridized carbons (Fsp3) is 0.463. The van der Waals surface area contributed by atoms with E-state index >= 15 is 0 Å². The second-order valence-electron chi connectivity index (χ2n) is 15.0. The maximum Gasteiger partial charge on any atom is 0.321 e. The number of para-hydroxylation sites is 2. The minimum absolute atomic E-state index is 0.0593. The normalized spacial score (nSPS) is 17.7. The van der Waals surface area contributed by atoms with Crippen molar-refractivity contribution in [3.63, 3.8) is 0 Å². The number of rotatable bonds is 17. The van der Waals surface area contributed by atoms with E-state index in [1.165, 1.54) is 22.7 Å². The molecule has 3 N–H and O–H groups in total. The fourth-order valence-electron chi connectivity index (χ4n) is 7.89. The van der Waals surface area contributed by atoms with Crippen LogP contribution in [0.4, 0.5) is 4.79 Å². The third-order valence-electron chi connectivity index (χ3n) is 11.3. The van der Waals surface area contributed by atoms with Crippen molar-refractivity contribution in [2.24, 2.45) is 24.0 Å². The summed E-state index contributed by atoms with van der Waals surface area (Å²) in [4.78, 5) is 36.6. The van der Waals surface area contributed by atoms with Gasteiger partial charge < -0.3 is 30.0 Å². The molecule has 14 heteroatoms. The van der Waals surface area contributed by atoms with Crippen LogP contribution in [-0.4, -0.2) is 105 Å². The number of hydrogen-bond acceptors (Lipinski definition) is 8. The molecule has 2 heterocycles. The first-order valence-electron chi connectivity index (χ1n) is 19.3. The van der Waals surface area contributed by atoms with Crippen molar-refractivity contribution in [1.29, 1.82) is 0 Å². The highest BCUT2D eigenvalue weighted by molar-refractivity contribution is 7.89. The van der Waals surface area contributed by atoms with E-state index in [4.69, 9.17) is 10.2 Å². The molecule has 1 aliphatic carbocycles. The lowest BCUT2D eigenvalue weighted by Gasteiger charge is -2.35. The molecule has 0 spiro atoms. The Hall–Kier alpha value is -4.79. The summed E-state index contributed by atoms with van der Waals surface area (Å²) in [6, 6.07) is 21.4. The Labute approximate surface area is 323 Å². The topological polar surface area (TPSA) is 161 Å². The van der Waals surface area contributed by atoms with Gasteiger partial charge in [0.15, 0.2) is 0 Å². The number of urea groups is 1. The highest BCUT2D eigenvalue weighted by Gasteiger charge is 2.41. The van der Waals surface area contributed by atoms with E-state index in [9.17, 15) is 23.1 Å². The molecule has 55 heavy (non-hydrogen) atoms. The summed E-state index contributed by atoms with van der Waals surface area (Å²) in [5, 5.41) is 27.1. The molecule has 3 aromatic carbocycles. The monoisotopic (exact) mass is 771 g/mol. The summed E-state index contributed by atoms with van der Waals surface area (Å²) in [6.45, 7) is 5.01. The van der Waals surface area contributed by atoms with Crippen molar-refractivity contribution in [2.45, 2.75) is 82.0 Å². The number of aryl methyl sites for hydroxylation is 1. The van der Waals surface area contributed by atoms with Crippen molar-refractivity contribution >= 4 is 39.2 Å². The van der Waals surface area contributed by atoms with Gasteiger partial charge in [0.05, 0.1) is 40.8 Å². The van der Waals surface area contributed by atoms with Crippen molar-refractivity contribution in [3.05, 3.63) is 95.8 Å². The van der Waals surface area contributed by atoms with Crippen LogP contribution in [-0.2, 0) is 34.8 Å². The Balaban J connectivity index is 1.24. The van der Waals surface area contributed by atoms with Crippen molar-refractivity contribution in [1.82, 2.24) is 29.0 Å². The van der Waals surface area contributed by atoms with Crippen molar-refractivity contribution in [3.8, 4) is 0 Å². The fourth-order valence-corrected chi connectivity index (χ4v) is 9.43. The number of aliphatic hydroxyl groups is 1. The molecule has 2 fully saturated rings. The molecule has 4 atom stereocenters. The third kappa shape index (κ3) is 9.20. The second kappa shape index (κ2) is 17.8. The molecule has 1 saturated heterocycles. The number of amides is 3. The number of oxime groups is 1. The van der Waals surface area contributed by atoms with Gasteiger partial charge in [-0.25, -0.2) is 18.2 Å². The van der Waals surface area contributed by atoms with Gasteiger partial charge in [-0.05, 0) is 66.5 Å². The lowest BCUT2D eigenvalue weighted by atomic mass is 9.95. The maximum absolute atomic E-state index is 14.5. The largest absolute Gasteiger partial charge is 0.411 e.